The second-order valence-electron chi connectivity index (χ2n) is 7.82. The van der Waals surface area contributed by atoms with E-state index in [0.717, 1.165) is 34.3 Å². The van der Waals surface area contributed by atoms with E-state index in [1.165, 1.54) is 6.07 Å². The van der Waals surface area contributed by atoms with Gasteiger partial charge in [-0.15, -0.1) is 10.2 Å². The number of amides is 2. The van der Waals surface area contributed by atoms with Gasteiger partial charge in [0, 0.05) is 11.4 Å². The van der Waals surface area contributed by atoms with Crippen LogP contribution in [0, 0.1) is 19.7 Å². The highest BCUT2D eigenvalue weighted by atomic mass is 32.2. The summed E-state index contributed by atoms with van der Waals surface area (Å²) in [5.74, 6) is -0.710. The smallest absolute Gasteiger partial charge is 0.243 e. The molecule has 0 unspecified atom stereocenters. The van der Waals surface area contributed by atoms with Gasteiger partial charge >= 0.3 is 0 Å². The minimum atomic E-state index is -0.416. The fourth-order valence-corrected chi connectivity index (χ4v) is 4.21. The third-order valence-electron chi connectivity index (χ3n) is 5.42. The van der Waals surface area contributed by atoms with E-state index in [2.05, 4.69) is 20.8 Å². The fourth-order valence-electron chi connectivity index (χ4n) is 3.43. The van der Waals surface area contributed by atoms with Gasteiger partial charge in [0.05, 0.1) is 17.9 Å². The molecule has 0 fully saturated rings. The van der Waals surface area contributed by atoms with Gasteiger partial charge in [-0.25, -0.2) is 4.39 Å². The van der Waals surface area contributed by atoms with Crippen LogP contribution in [-0.4, -0.2) is 38.9 Å². The van der Waals surface area contributed by atoms with Gasteiger partial charge < -0.3 is 10.6 Å². The number of thioether (sulfide) groups is 1. The maximum Gasteiger partial charge on any atom is 0.243 e. The third-order valence-corrected chi connectivity index (χ3v) is 6.35. The van der Waals surface area contributed by atoms with Crippen molar-refractivity contribution in [1.82, 2.24) is 20.1 Å². The minimum Gasteiger partial charge on any atom is -0.346 e. The number of hydrogen-bond donors (Lipinski definition) is 2. The zero-order valence-corrected chi connectivity index (χ0v) is 20.1. The van der Waals surface area contributed by atoms with E-state index in [1.807, 2.05) is 62.4 Å². The van der Waals surface area contributed by atoms with Crippen LogP contribution in [0.5, 0.6) is 0 Å². The van der Waals surface area contributed by atoms with Gasteiger partial charge in [-0.1, -0.05) is 54.2 Å². The van der Waals surface area contributed by atoms with Gasteiger partial charge in [-0.05, 0) is 55.3 Å². The van der Waals surface area contributed by atoms with Crippen molar-refractivity contribution in [1.29, 1.82) is 0 Å². The lowest BCUT2D eigenvalue weighted by atomic mass is 10.1. The van der Waals surface area contributed by atoms with Gasteiger partial charge in [-0.2, -0.15) is 0 Å². The Balaban J connectivity index is 1.43. The fraction of sp³-hybridized carbons (Fsp3) is 0.154. The Morgan fingerprint density at radius 1 is 0.914 bits per heavy atom. The molecular formula is C26H24FN5O2S. The third kappa shape index (κ3) is 5.75. The predicted molar refractivity (Wildman–Crippen MR) is 135 cm³/mol. The second-order valence-corrected chi connectivity index (χ2v) is 8.76. The Hall–Kier alpha value is -3.98. The molecule has 0 radical (unpaired) electrons. The van der Waals surface area contributed by atoms with Crippen LogP contribution in [0.3, 0.4) is 0 Å². The van der Waals surface area contributed by atoms with Gasteiger partial charge in [0.25, 0.3) is 0 Å². The van der Waals surface area contributed by atoms with Crippen molar-refractivity contribution < 1.29 is 14.0 Å². The standard InChI is InChI=1S/C26H24FN5O2S/c1-17-9-8-14-22(18(17)2)29-23(33)15-28-24(34)16-35-26-31-30-25(20-12-6-7-13-21(20)27)32(26)19-10-4-3-5-11-19/h3-14H,15-16H2,1-2H3,(H,28,34)(H,29,33). The number of rotatable bonds is 8. The van der Waals surface area contributed by atoms with Crippen molar-refractivity contribution in [2.24, 2.45) is 0 Å². The number of carbonyl (C=O) groups excluding carboxylic acids is 2. The first-order valence-electron chi connectivity index (χ1n) is 11.0. The van der Waals surface area contributed by atoms with Crippen molar-refractivity contribution in [3.8, 4) is 17.1 Å². The van der Waals surface area contributed by atoms with Crippen LogP contribution in [0.4, 0.5) is 10.1 Å². The maximum absolute atomic E-state index is 14.5. The topological polar surface area (TPSA) is 88.9 Å². The molecule has 9 heteroatoms. The van der Waals surface area contributed by atoms with Gasteiger partial charge in [0.2, 0.25) is 11.8 Å². The molecule has 4 aromatic rings. The summed E-state index contributed by atoms with van der Waals surface area (Å²) in [5.41, 5.74) is 3.82. The van der Waals surface area contributed by atoms with Gasteiger partial charge in [0.15, 0.2) is 11.0 Å². The quantitative estimate of drug-likeness (QED) is 0.355. The van der Waals surface area contributed by atoms with Crippen LogP contribution in [0.15, 0.2) is 78.0 Å². The van der Waals surface area contributed by atoms with Crippen LogP contribution >= 0.6 is 11.8 Å². The number of carbonyl (C=O) groups is 2. The molecule has 1 heterocycles. The molecule has 178 valence electrons. The molecule has 0 aliphatic rings. The number of aromatic nitrogens is 3. The number of aryl methyl sites for hydroxylation is 1. The summed E-state index contributed by atoms with van der Waals surface area (Å²) >= 11 is 1.15. The van der Waals surface area contributed by atoms with Crippen LogP contribution in [0.25, 0.3) is 17.1 Å². The van der Waals surface area contributed by atoms with Crippen LogP contribution in [-0.2, 0) is 9.59 Å². The average Bonchev–Trinajstić information content (AvgIpc) is 3.29. The molecule has 0 spiro atoms. The summed E-state index contributed by atoms with van der Waals surface area (Å²) in [6.45, 7) is 3.74. The summed E-state index contributed by atoms with van der Waals surface area (Å²) in [4.78, 5) is 24.7. The molecule has 0 saturated carbocycles. The summed E-state index contributed by atoms with van der Waals surface area (Å²) < 4.78 is 16.2. The molecule has 0 aliphatic carbocycles. The molecular weight excluding hydrogens is 465 g/mol. The molecule has 0 saturated heterocycles. The first-order valence-corrected chi connectivity index (χ1v) is 11.9. The zero-order valence-electron chi connectivity index (χ0n) is 19.3. The molecule has 2 amide bonds. The Labute approximate surface area is 206 Å². The molecule has 0 atom stereocenters. The van der Waals surface area contributed by atoms with Crippen molar-refractivity contribution in [3.05, 3.63) is 89.7 Å². The summed E-state index contributed by atoms with van der Waals surface area (Å²) in [5, 5.41) is 14.3. The van der Waals surface area contributed by atoms with Crippen LogP contribution < -0.4 is 10.6 Å². The molecule has 0 aliphatic heterocycles. The van der Waals surface area contributed by atoms with E-state index >= 15 is 0 Å². The highest BCUT2D eigenvalue weighted by Crippen LogP contribution is 2.29. The molecule has 4 rings (SSSR count). The Morgan fingerprint density at radius 2 is 1.66 bits per heavy atom. The Morgan fingerprint density at radius 3 is 2.43 bits per heavy atom. The number of anilines is 1. The van der Waals surface area contributed by atoms with Crippen LogP contribution in [0.1, 0.15) is 11.1 Å². The number of nitrogens with one attached hydrogen (secondary N) is 2. The van der Waals surface area contributed by atoms with E-state index < -0.39 is 5.82 Å². The van der Waals surface area contributed by atoms with E-state index in [9.17, 15) is 14.0 Å². The Kier molecular flexibility index (Phi) is 7.57. The molecule has 1 aromatic heterocycles. The lowest BCUT2D eigenvalue weighted by Gasteiger charge is -2.12. The van der Waals surface area contributed by atoms with Gasteiger partial charge in [-0.3, -0.25) is 14.2 Å². The average molecular weight is 490 g/mol. The van der Waals surface area contributed by atoms with E-state index in [1.54, 1.807) is 22.8 Å². The number of hydrogen-bond acceptors (Lipinski definition) is 5. The summed E-state index contributed by atoms with van der Waals surface area (Å²) in [6, 6.07) is 21.3. The van der Waals surface area contributed by atoms with Crippen molar-refractivity contribution in [3.63, 3.8) is 0 Å². The number of halogens is 1. The first kappa shape index (κ1) is 24.2. The lowest BCUT2D eigenvalue weighted by molar-refractivity contribution is -0.122. The van der Waals surface area contributed by atoms with Crippen LogP contribution in [0.2, 0.25) is 0 Å². The maximum atomic E-state index is 14.5. The normalized spacial score (nSPS) is 10.7. The highest BCUT2D eigenvalue weighted by molar-refractivity contribution is 7.99. The number of para-hydroxylation sites is 1. The molecule has 3 aromatic carbocycles. The second kappa shape index (κ2) is 11.0. The first-order chi connectivity index (χ1) is 16.9. The predicted octanol–water partition coefficient (Wildman–Crippen LogP) is 4.54. The SMILES string of the molecule is Cc1cccc(NC(=O)CNC(=O)CSc2nnc(-c3ccccc3F)n2-c2ccccc2)c1C. The molecule has 2 N–H and O–H groups in total. The van der Waals surface area contributed by atoms with Crippen molar-refractivity contribution >= 4 is 29.3 Å². The molecule has 0 bridgehead atoms. The number of benzene rings is 3. The largest absolute Gasteiger partial charge is 0.346 e. The van der Waals surface area contributed by atoms with Crippen molar-refractivity contribution in [2.45, 2.75) is 19.0 Å². The monoisotopic (exact) mass is 489 g/mol. The van der Waals surface area contributed by atoms with Gasteiger partial charge in [0.1, 0.15) is 5.82 Å². The molecule has 7 nitrogen and oxygen atoms in total. The lowest BCUT2D eigenvalue weighted by Crippen LogP contribution is -2.34. The van der Waals surface area contributed by atoms with E-state index in [4.69, 9.17) is 0 Å². The summed E-state index contributed by atoms with van der Waals surface area (Å²) in [7, 11) is 0. The summed E-state index contributed by atoms with van der Waals surface area (Å²) in [6.07, 6.45) is 0. The minimum absolute atomic E-state index is 0.0129. The van der Waals surface area contributed by atoms with E-state index in [0.29, 0.717) is 16.5 Å². The Bertz CT molecular complexity index is 1360. The number of nitrogens with zero attached hydrogens (tertiary/aromatic N) is 3. The molecule has 35 heavy (non-hydrogen) atoms. The van der Waals surface area contributed by atoms with E-state index in [-0.39, 0.29) is 24.1 Å². The highest BCUT2D eigenvalue weighted by Gasteiger charge is 2.19. The zero-order chi connectivity index (χ0) is 24.8. The van der Waals surface area contributed by atoms with Crippen molar-refractivity contribution in [2.75, 3.05) is 17.6 Å².